The molecule has 1 atom stereocenters. The van der Waals surface area contributed by atoms with Gasteiger partial charge in [-0.2, -0.15) is 0 Å². The molecule has 3 nitrogen and oxygen atoms in total. The number of esters is 1. The number of hydrogen-bond donors (Lipinski definition) is 1. The third-order valence-electron chi connectivity index (χ3n) is 4.84. The first-order valence-electron chi connectivity index (χ1n) is 9.26. The van der Waals surface area contributed by atoms with Crippen LogP contribution in [0.1, 0.15) is 40.7 Å². The molecular formula is C23H26O3S. The molecule has 0 fully saturated rings. The molecule has 1 heterocycles. The van der Waals surface area contributed by atoms with Crippen molar-refractivity contribution in [3.63, 3.8) is 0 Å². The van der Waals surface area contributed by atoms with Crippen LogP contribution in [0.5, 0.6) is 0 Å². The Balaban J connectivity index is 1.69. The van der Waals surface area contributed by atoms with Crippen molar-refractivity contribution in [1.29, 1.82) is 0 Å². The number of ether oxygens (including phenoxy) is 1. The van der Waals surface area contributed by atoms with Crippen LogP contribution in [0.25, 0.3) is 5.57 Å². The van der Waals surface area contributed by atoms with Gasteiger partial charge in [0.15, 0.2) is 0 Å². The zero-order valence-electron chi connectivity index (χ0n) is 16.3. The van der Waals surface area contributed by atoms with Crippen LogP contribution in [0, 0.1) is 27.7 Å². The number of aryl methyl sites for hydroxylation is 4. The SMILES string of the molecule is Cc1ccc(SCCC2CC(O)=C(c3c(C)cc(C)cc3C)C(=O)O2)cc1. The van der Waals surface area contributed by atoms with Gasteiger partial charge in [0.2, 0.25) is 0 Å². The Morgan fingerprint density at radius 1 is 1.04 bits per heavy atom. The maximum atomic E-state index is 12.6. The maximum Gasteiger partial charge on any atom is 0.342 e. The molecule has 0 spiro atoms. The van der Waals surface area contributed by atoms with Gasteiger partial charge in [0, 0.05) is 17.1 Å². The number of carbonyl (C=O) groups excluding carboxylic acids is 1. The fourth-order valence-corrected chi connectivity index (χ4v) is 4.56. The summed E-state index contributed by atoms with van der Waals surface area (Å²) < 4.78 is 5.65. The van der Waals surface area contributed by atoms with E-state index in [1.807, 2.05) is 32.9 Å². The maximum absolute atomic E-state index is 12.6. The van der Waals surface area contributed by atoms with Crippen molar-refractivity contribution in [3.05, 3.63) is 70.0 Å². The molecule has 0 saturated heterocycles. The van der Waals surface area contributed by atoms with Crippen molar-refractivity contribution in [2.45, 2.75) is 51.5 Å². The molecule has 4 heteroatoms. The van der Waals surface area contributed by atoms with E-state index in [0.717, 1.165) is 28.0 Å². The van der Waals surface area contributed by atoms with E-state index >= 15 is 0 Å². The zero-order chi connectivity index (χ0) is 19.6. The van der Waals surface area contributed by atoms with Crippen LogP contribution in [0.3, 0.4) is 0 Å². The number of aliphatic hydroxyl groups is 1. The van der Waals surface area contributed by atoms with Crippen molar-refractivity contribution >= 4 is 23.3 Å². The molecule has 2 aromatic rings. The normalized spacial score (nSPS) is 17.2. The van der Waals surface area contributed by atoms with Crippen LogP contribution >= 0.6 is 11.8 Å². The number of aliphatic hydroxyl groups excluding tert-OH is 1. The van der Waals surface area contributed by atoms with E-state index in [2.05, 4.69) is 31.2 Å². The van der Waals surface area contributed by atoms with Gasteiger partial charge < -0.3 is 9.84 Å². The summed E-state index contributed by atoms with van der Waals surface area (Å²) in [7, 11) is 0. The van der Waals surface area contributed by atoms with Gasteiger partial charge in [0.1, 0.15) is 17.4 Å². The van der Waals surface area contributed by atoms with E-state index in [4.69, 9.17) is 4.74 Å². The van der Waals surface area contributed by atoms with E-state index in [0.29, 0.717) is 18.4 Å². The van der Waals surface area contributed by atoms with Crippen molar-refractivity contribution < 1.29 is 14.6 Å². The minimum absolute atomic E-state index is 0.145. The molecule has 27 heavy (non-hydrogen) atoms. The molecule has 0 saturated carbocycles. The highest BCUT2D eigenvalue weighted by molar-refractivity contribution is 7.99. The number of benzene rings is 2. The molecule has 0 amide bonds. The molecule has 2 aromatic carbocycles. The molecule has 1 aliphatic heterocycles. The Morgan fingerprint density at radius 3 is 2.26 bits per heavy atom. The van der Waals surface area contributed by atoms with Crippen molar-refractivity contribution in [1.82, 2.24) is 0 Å². The van der Waals surface area contributed by atoms with E-state index in [9.17, 15) is 9.90 Å². The quantitative estimate of drug-likeness (QED) is 0.533. The van der Waals surface area contributed by atoms with Crippen LogP contribution < -0.4 is 0 Å². The molecule has 1 aliphatic rings. The Bertz CT molecular complexity index is 858. The third kappa shape index (κ3) is 4.56. The van der Waals surface area contributed by atoms with Crippen LogP contribution in [-0.4, -0.2) is 22.9 Å². The fourth-order valence-electron chi connectivity index (χ4n) is 3.61. The summed E-state index contributed by atoms with van der Waals surface area (Å²) in [5.41, 5.74) is 5.48. The zero-order valence-corrected chi connectivity index (χ0v) is 17.2. The lowest BCUT2D eigenvalue weighted by molar-refractivity contribution is -0.143. The Hall–Kier alpha value is -2.20. The number of thioether (sulfide) groups is 1. The molecule has 142 valence electrons. The highest BCUT2D eigenvalue weighted by Gasteiger charge is 2.31. The lowest BCUT2D eigenvalue weighted by Crippen LogP contribution is -2.27. The highest BCUT2D eigenvalue weighted by atomic mass is 32.2. The fraction of sp³-hybridized carbons (Fsp3) is 0.348. The third-order valence-corrected chi connectivity index (χ3v) is 5.89. The first-order valence-corrected chi connectivity index (χ1v) is 10.2. The van der Waals surface area contributed by atoms with Gasteiger partial charge in [-0.1, -0.05) is 35.4 Å². The summed E-state index contributed by atoms with van der Waals surface area (Å²) in [6.45, 7) is 8.03. The Kier molecular flexibility index (Phi) is 5.95. The number of cyclic esters (lactones) is 1. The summed E-state index contributed by atoms with van der Waals surface area (Å²) in [5.74, 6) is 0.567. The second-order valence-corrected chi connectivity index (χ2v) is 8.45. The van der Waals surface area contributed by atoms with E-state index < -0.39 is 5.97 Å². The Labute approximate surface area is 165 Å². The molecule has 0 radical (unpaired) electrons. The van der Waals surface area contributed by atoms with Crippen molar-refractivity contribution in [3.8, 4) is 0 Å². The number of hydrogen-bond acceptors (Lipinski definition) is 4. The van der Waals surface area contributed by atoms with Gasteiger partial charge >= 0.3 is 5.97 Å². The second kappa shape index (κ2) is 8.22. The van der Waals surface area contributed by atoms with Crippen molar-refractivity contribution in [2.75, 3.05) is 5.75 Å². The van der Waals surface area contributed by atoms with Gasteiger partial charge in [0.05, 0.1) is 0 Å². The number of carbonyl (C=O) groups is 1. The average molecular weight is 383 g/mol. The molecule has 3 rings (SSSR count). The highest BCUT2D eigenvalue weighted by Crippen LogP contribution is 2.34. The van der Waals surface area contributed by atoms with E-state index in [-0.39, 0.29) is 11.9 Å². The lowest BCUT2D eigenvalue weighted by Gasteiger charge is -2.26. The monoisotopic (exact) mass is 382 g/mol. The summed E-state index contributed by atoms with van der Waals surface area (Å²) in [6, 6.07) is 12.4. The first-order chi connectivity index (χ1) is 12.8. The van der Waals surface area contributed by atoms with Crippen molar-refractivity contribution in [2.24, 2.45) is 0 Å². The van der Waals surface area contributed by atoms with Gasteiger partial charge in [-0.15, -0.1) is 11.8 Å². The summed E-state index contributed by atoms with van der Waals surface area (Å²) in [6.07, 6.45) is 0.820. The first kappa shape index (κ1) is 19.6. The summed E-state index contributed by atoms with van der Waals surface area (Å²) in [5, 5.41) is 10.6. The smallest absolute Gasteiger partial charge is 0.342 e. The van der Waals surface area contributed by atoms with E-state index in [1.54, 1.807) is 11.8 Å². The van der Waals surface area contributed by atoms with E-state index in [1.165, 1.54) is 10.5 Å². The predicted molar refractivity (Wildman–Crippen MR) is 111 cm³/mol. The van der Waals surface area contributed by atoms with Crippen LogP contribution in [0.4, 0.5) is 0 Å². The molecule has 1 N–H and O–H groups in total. The molecule has 0 aliphatic carbocycles. The molecule has 0 aromatic heterocycles. The summed E-state index contributed by atoms with van der Waals surface area (Å²) in [4.78, 5) is 13.8. The van der Waals surface area contributed by atoms with Gasteiger partial charge in [-0.05, 0) is 62.9 Å². The topological polar surface area (TPSA) is 46.5 Å². The van der Waals surface area contributed by atoms with Gasteiger partial charge in [-0.25, -0.2) is 4.79 Å². The van der Waals surface area contributed by atoms with Gasteiger partial charge in [-0.3, -0.25) is 0 Å². The minimum atomic E-state index is -0.417. The lowest BCUT2D eigenvalue weighted by atomic mass is 9.90. The molecule has 1 unspecified atom stereocenters. The summed E-state index contributed by atoms with van der Waals surface area (Å²) >= 11 is 1.74. The van der Waals surface area contributed by atoms with Crippen LogP contribution in [-0.2, 0) is 9.53 Å². The standard InChI is InChI=1S/C23H26O3S/c1-14-5-7-19(8-6-14)27-10-9-18-13-20(24)22(23(25)26-18)21-16(3)11-15(2)12-17(21)4/h5-8,11-12,18,24H,9-10,13H2,1-4H3. The predicted octanol–water partition coefficient (Wildman–Crippen LogP) is 5.69. The molecule has 0 bridgehead atoms. The average Bonchev–Trinajstić information content (AvgIpc) is 2.58. The van der Waals surface area contributed by atoms with Gasteiger partial charge in [0.25, 0.3) is 0 Å². The van der Waals surface area contributed by atoms with Crippen LogP contribution in [0.2, 0.25) is 0 Å². The largest absolute Gasteiger partial charge is 0.511 e. The second-order valence-electron chi connectivity index (χ2n) is 7.28. The van der Waals surface area contributed by atoms with Crippen LogP contribution in [0.15, 0.2) is 47.1 Å². The number of rotatable bonds is 5. The molecular weight excluding hydrogens is 356 g/mol. The minimum Gasteiger partial charge on any atom is -0.511 e. The Morgan fingerprint density at radius 2 is 1.67 bits per heavy atom.